The first-order valence-electron chi connectivity index (χ1n) is 7.11. The maximum Gasteiger partial charge on any atom is 0.323 e. The smallest absolute Gasteiger partial charge is 0.323 e. The summed E-state index contributed by atoms with van der Waals surface area (Å²) in [7, 11) is 0. The lowest BCUT2D eigenvalue weighted by atomic mass is 10.1. The minimum absolute atomic E-state index is 0.123. The summed E-state index contributed by atoms with van der Waals surface area (Å²) in [5, 5.41) is 2.96. The Balaban J connectivity index is 1.89. The van der Waals surface area contributed by atoms with E-state index >= 15 is 0 Å². The van der Waals surface area contributed by atoms with Crippen molar-refractivity contribution in [1.29, 1.82) is 0 Å². The molecule has 1 unspecified atom stereocenters. The van der Waals surface area contributed by atoms with Gasteiger partial charge in [-0.15, -0.1) is 0 Å². The van der Waals surface area contributed by atoms with E-state index in [4.69, 9.17) is 4.74 Å². The maximum atomic E-state index is 12.2. The fourth-order valence-electron chi connectivity index (χ4n) is 2.78. The Labute approximate surface area is 114 Å². The summed E-state index contributed by atoms with van der Waals surface area (Å²) in [5.74, 6) is -0.00709. The second-order valence-electron chi connectivity index (χ2n) is 6.49. The third-order valence-corrected chi connectivity index (χ3v) is 3.58. The number of carbonyl (C=O) groups excluding carboxylic acids is 2. The number of ether oxygens (including phenoxy) is 1. The van der Waals surface area contributed by atoms with Gasteiger partial charge in [-0.1, -0.05) is 0 Å². The summed E-state index contributed by atoms with van der Waals surface area (Å²) >= 11 is 0. The highest BCUT2D eigenvalue weighted by atomic mass is 16.6. The molecule has 0 aliphatic carbocycles. The molecule has 0 aromatic rings. The lowest BCUT2D eigenvalue weighted by Crippen LogP contribution is -2.45. The summed E-state index contributed by atoms with van der Waals surface area (Å²) in [6.07, 6.45) is 3.35. The average Bonchev–Trinajstić information content (AvgIpc) is 2.86. The predicted molar refractivity (Wildman–Crippen MR) is 71.6 cm³/mol. The third-order valence-electron chi connectivity index (χ3n) is 3.58. The minimum atomic E-state index is -0.438. The van der Waals surface area contributed by atoms with Gasteiger partial charge >= 0.3 is 5.97 Å². The van der Waals surface area contributed by atoms with Crippen LogP contribution in [0.5, 0.6) is 0 Å². The minimum Gasteiger partial charge on any atom is -0.459 e. The highest BCUT2D eigenvalue weighted by molar-refractivity contribution is 5.78. The van der Waals surface area contributed by atoms with E-state index in [1.807, 2.05) is 20.8 Å². The van der Waals surface area contributed by atoms with E-state index in [9.17, 15) is 9.59 Å². The predicted octanol–water partition coefficient (Wildman–Crippen LogP) is 1.07. The number of amides is 1. The first-order valence-corrected chi connectivity index (χ1v) is 7.11. The van der Waals surface area contributed by atoms with Crippen molar-refractivity contribution in [3.63, 3.8) is 0 Å². The van der Waals surface area contributed by atoms with Crippen LogP contribution in [0.1, 0.15) is 46.5 Å². The van der Waals surface area contributed by atoms with Crippen LogP contribution in [0.4, 0.5) is 0 Å². The average molecular weight is 268 g/mol. The molecule has 2 atom stereocenters. The van der Waals surface area contributed by atoms with Crippen LogP contribution < -0.4 is 5.32 Å². The number of likely N-dealkylation sites (tertiary alicyclic amines) is 1. The van der Waals surface area contributed by atoms with Crippen molar-refractivity contribution < 1.29 is 14.3 Å². The molecule has 0 saturated carbocycles. The number of rotatable bonds is 3. The lowest BCUT2D eigenvalue weighted by molar-refractivity contribution is -0.160. The molecule has 0 spiro atoms. The number of nitrogens with one attached hydrogen (secondary N) is 1. The third kappa shape index (κ3) is 3.93. The van der Waals surface area contributed by atoms with Gasteiger partial charge in [-0.25, -0.2) is 0 Å². The van der Waals surface area contributed by atoms with Crippen molar-refractivity contribution >= 4 is 11.9 Å². The molecule has 2 fully saturated rings. The molecule has 0 radical (unpaired) electrons. The van der Waals surface area contributed by atoms with Crippen LogP contribution in [0, 0.1) is 0 Å². The van der Waals surface area contributed by atoms with Crippen LogP contribution in [0.2, 0.25) is 0 Å². The molecule has 5 heteroatoms. The molecule has 2 aliphatic rings. The standard InChI is InChI=1S/C14H24N2O3/c1-14(2,3)19-13(18)11-5-4-8-16(11)9-10-6-7-12(17)15-10/h10-11H,4-9H2,1-3H3,(H,15,17)/t10?,11-/m0/s1. The summed E-state index contributed by atoms with van der Waals surface area (Å²) in [5.41, 5.74) is -0.438. The molecule has 2 saturated heterocycles. The molecule has 0 aromatic heterocycles. The van der Waals surface area contributed by atoms with Gasteiger partial charge in [-0.3, -0.25) is 14.5 Å². The Bertz CT molecular complexity index is 362. The van der Waals surface area contributed by atoms with E-state index in [1.165, 1.54) is 0 Å². The van der Waals surface area contributed by atoms with Crippen molar-refractivity contribution in [2.75, 3.05) is 13.1 Å². The van der Waals surface area contributed by atoms with Crippen LogP contribution in [-0.2, 0) is 14.3 Å². The van der Waals surface area contributed by atoms with Gasteiger partial charge in [-0.2, -0.15) is 0 Å². The van der Waals surface area contributed by atoms with Gasteiger partial charge in [0.25, 0.3) is 0 Å². The fraction of sp³-hybridized carbons (Fsp3) is 0.857. The van der Waals surface area contributed by atoms with E-state index in [-0.39, 0.29) is 24.0 Å². The van der Waals surface area contributed by atoms with Crippen LogP contribution >= 0.6 is 0 Å². The van der Waals surface area contributed by atoms with Gasteiger partial charge in [0, 0.05) is 19.0 Å². The zero-order valence-corrected chi connectivity index (χ0v) is 12.1. The van der Waals surface area contributed by atoms with Crippen LogP contribution in [0.3, 0.4) is 0 Å². The Morgan fingerprint density at radius 2 is 2.16 bits per heavy atom. The zero-order valence-electron chi connectivity index (χ0n) is 12.1. The van der Waals surface area contributed by atoms with E-state index in [0.717, 1.165) is 32.4 Å². The maximum absolute atomic E-state index is 12.2. The Hall–Kier alpha value is -1.10. The van der Waals surface area contributed by atoms with Crippen molar-refractivity contribution in [3.05, 3.63) is 0 Å². The molecule has 1 amide bonds. The molecule has 19 heavy (non-hydrogen) atoms. The van der Waals surface area contributed by atoms with E-state index < -0.39 is 5.60 Å². The Morgan fingerprint density at radius 3 is 2.74 bits per heavy atom. The number of esters is 1. The highest BCUT2D eigenvalue weighted by Crippen LogP contribution is 2.22. The fourth-order valence-corrected chi connectivity index (χ4v) is 2.78. The monoisotopic (exact) mass is 268 g/mol. The SMILES string of the molecule is CC(C)(C)OC(=O)[C@@H]1CCCN1CC1CCC(=O)N1. The van der Waals surface area contributed by atoms with Gasteiger partial charge < -0.3 is 10.1 Å². The molecule has 2 aliphatic heterocycles. The number of carbonyl (C=O) groups is 2. The molecule has 1 N–H and O–H groups in total. The van der Waals surface area contributed by atoms with Gasteiger partial charge in [0.05, 0.1) is 0 Å². The summed E-state index contributed by atoms with van der Waals surface area (Å²) in [4.78, 5) is 25.5. The van der Waals surface area contributed by atoms with Crippen LogP contribution in [0.15, 0.2) is 0 Å². The molecular weight excluding hydrogens is 244 g/mol. The highest BCUT2D eigenvalue weighted by Gasteiger charge is 2.36. The lowest BCUT2D eigenvalue weighted by Gasteiger charge is -2.28. The Morgan fingerprint density at radius 1 is 1.42 bits per heavy atom. The van der Waals surface area contributed by atoms with Gasteiger partial charge in [0.15, 0.2) is 0 Å². The molecule has 2 rings (SSSR count). The second kappa shape index (κ2) is 5.49. The molecule has 2 heterocycles. The Kier molecular flexibility index (Phi) is 4.13. The summed E-state index contributed by atoms with van der Waals surface area (Å²) in [6, 6.07) is 0.0484. The molecule has 5 nitrogen and oxygen atoms in total. The van der Waals surface area contributed by atoms with Crippen molar-refractivity contribution in [2.45, 2.75) is 64.1 Å². The van der Waals surface area contributed by atoms with Crippen molar-refractivity contribution in [3.8, 4) is 0 Å². The topological polar surface area (TPSA) is 58.6 Å². The van der Waals surface area contributed by atoms with Crippen molar-refractivity contribution in [1.82, 2.24) is 10.2 Å². The first-order chi connectivity index (χ1) is 8.85. The second-order valence-corrected chi connectivity index (χ2v) is 6.49. The molecule has 108 valence electrons. The van der Waals surface area contributed by atoms with Crippen molar-refractivity contribution in [2.24, 2.45) is 0 Å². The first kappa shape index (κ1) is 14.3. The summed E-state index contributed by atoms with van der Waals surface area (Å²) in [6.45, 7) is 7.34. The molecular formula is C14H24N2O3. The molecule has 0 bridgehead atoms. The van der Waals surface area contributed by atoms with Gasteiger partial charge in [0.1, 0.15) is 11.6 Å². The summed E-state index contributed by atoms with van der Waals surface area (Å²) < 4.78 is 5.47. The van der Waals surface area contributed by atoms with Gasteiger partial charge in [-0.05, 0) is 46.6 Å². The van der Waals surface area contributed by atoms with E-state index in [2.05, 4.69) is 10.2 Å². The van der Waals surface area contributed by atoms with Crippen LogP contribution in [-0.4, -0.2) is 47.6 Å². The zero-order chi connectivity index (χ0) is 14.0. The largest absolute Gasteiger partial charge is 0.459 e. The van der Waals surface area contributed by atoms with Gasteiger partial charge in [0.2, 0.25) is 5.91 Å². The number of hydrogen-bond acceptors (Lipinski definition) is 4. The van der Waals surface area contributed by atoms with E-state index in [1.54, 1.807) is 0 Å². The normalized spacial score (nSPS) is 28.5. The number of nitrogens with zero attached hydrogens (tertiary/aromatic N) is 1. The van der Waals surface area contributed by atoms with E-state index in [0.29, 0.717) is 6.42 Å². The molecule has 0 aromatic carbocycles. The van der Waals surface area contributed by atoms with Crippen LogP contribution in [0.25, 0.3) is 0 Å². The quantitative estimate of drug-likeness (QED) is 0.778. The number of hydrogen-bond donors (Lipinski definition) is 1.